The first-order valence-electron chi connectivity index (χ1n) is 8.51. The minimum atomic E-state index is 0.0879. The van der Waals surface area contributed by atoms with Crippen molar-refractivity contribution >= 4 is 22.8 Å². The van der Waals surface area contributed by atoms with Crippen molar-refractivity contribution in [1.82, 2.24) is 19.4 Å². The molecule has 1 aromatic carbocycles. The first-order chi connectivity index (χ1) is 12.1. The lowest BCUT2D eigenvalue weighted by Crippen LogP contribution is -2.49. The lowest BCUT2D eigenvalue weighted by molar-refractivity contribution is 0.0737. The Morgan fingerprint density at radius 3 is 2.48 bits per heavy atom. The van der Waals surface area contributed by atoms with E-state index in [2.05, 4.69) is 40.0 Å². The summed E-state index contributed by atoms with van der Waals surface area (Å²) in [5, 5.41) is 1.11. The first-order valence-corrected chi connectivity index (χ1v) is 8.51. The lowest BCUT2D eigenvalue weighted by atomic mass is 10.2. The molecule has 0 spiro atoms. The summed E-state index contributed by atoms with van der Waals surface area (Å²) in [6.45, 7) is 4.92. The smallest absolute Gasteiger partial charge is 0.270 e. The molecule has 0 aliphatic carbocycles. The van der Waals surface area contributed by atoms with E-state index in [9.17, 15) is 4.79 Å². The van der Waals surface area contributed by atoms with E-state index in [1.165, 1.54) is 5.56 Å². The van der Waals surface area contributed by atoms with E-state index in [4.69, 9.17) is 0 Å². The van der Waals surface area contributed by atoms with Gasteiger partial charge in [-0.2, -0.15) is 0 Å². The molecule has 1 saturated heterocycles. The molecule has 128 valence electrons. The van der Waals surface area contributed by atoms with E-state index in [0.717, 1.165) is 35.6 Å². The van der Waals surface area contributed by atoms with Gasteiger partial charge in [0, 0.05) is 56.5 Å². The molecule has 2 aromatic heterocycles. The van der Waals surface area contributed by atoms with Gasteiger partial charge in [-0.1, -0.05) is 11.6 Å². The average Bonchev–Trinajstić information content (AvgIpc) is 2.98. The van der Waals surface area contributed by atoms with Gasteiger partial charge in [0.15, 0.2) is 0 Å². The Morgan fingerprint density at radius 2 is 1.76 bits per heavy atom. The van der Waals surface area contributed by atoms with Crippen LogP contribution in [0.4, 0.5) is 5.95 Å². The van der Waals surface area contributed by atoms with Crippen LogP contribution in [0.3, 0.4) is 0 Å². The van der Waals surface area contributed by atoms with Crippen LogP contribution in [0.2, 0.25) is 0 Å². The molecule has 3 heterocycles. The van der Waals surface area contributed by atoms with E-state index in [1.807, 2.05) is 28.6 Å². The Bertz CT molecular complexity index is 910. The minimum Gasteiger partial charge on any atom is -0.340 e. The number of carbonyl (C=O) groups excluding carboxylic acids is 1. The molecule has 0 bridgehead atoms. The normalized spacial score (nSPS) is 15.0. The fourth-order valence-electron chi connectivity index (χ4n) is 3.40. The number of hydrogen-bond donors (Lipinski definition) is 0. The standard InChI is InChI=1S/C19H21N5O/c1-14-4-5-16-15(12-14)13-17(22(16)2)18(25)23-8-10-24(11-9-23)19-20-6-3-7-21-19/h3-7,12-13H,8-11H2,1-2H3. The van der Waals surface area contributed by atoms with Gasteiger partial charge in [-0.3, -0.25) is 4.79 Å². The van der Waals surface area contributed by atoms with Gasteiger partial charge in [-0.05, 0) is 31.2 Å². The molecule has 3 aromatic rings. The van der Waals surface area contributed by atoms with Gasteiger partial charge in [0.05, 0.1) is 0 Å². The summed E-state index contributed by atoms with van der Waals surface area (Å²) in [6.07, 6.45) is 3.49. The van der Waals surface area contributed by atoms with Crippen LogP contribution in [-0.2, 0) is 7.05 Å². The number of nitrogens with zero attached hydrogens (tertiary/aromatic N) is 5. The summed E-state index contributed by atoms with van der Waals surface area (Å²) in [5.41, 5.74) is 3.03. The van der Waals surface area contributed by atoms with Crippen molar-refractivity contribution in [3.05, 3.63) is 54.0 Å². The fourth-order valence-corrected chi connectivity index (χ4v) is 3.40. The molecule has 0 saturated carbocycles. The fraction of sp³-hybridized carbons (Fsp3) is 0.316. The van der Waals surface area contributed by atoms with Gasteiger partial charge in [0.2, 0.25) is 5.95 Å². The Balaban J connectivity index is 1.52. The number of aromatic nitrogens is 3. The first kappa shape index (κ1) is 15.6. The van der Waals surface area contributed by atoms with E-state index in [0.29, 0.717) is 13.1 Å². The maximum absolute atomic E-state index is 13.0. The highest BCUT2D eigenvalue weighted by atomic mass is 16.2. The quantitative estimate of drug-likeness (QED) is 0.721. The number of piperazine rings is 1. The van der Waals surface area contributed by atoms with E-state index in [1.54, 1.807) is 12.4 Å². The number of fused-ring (bicyclic) bond motifs is 1. The molecule has 1 aliphatic heterocycles. The SMILES string of the molecule is Cc1ccc2c(c1)cc(C(=O)N1CCN(c3ncccn3)CC1)n2C. The van der Waals surface area contributed by atoms with Crippen molar-refractivity contribution in [1.29, 1.82) is 0 Å². The molecule has 0 radical (unpaired) electrons. The van der Waals surface area contributed by atoms with Crippen LogP contribution in [0.15, 0.2) is 42.7 Å². The Hall–Kier alpha value is -2.89. The third-order valence-corrected chi connectivity index (χ3v) is 4.82. The zero-order valence-corrected chi connectivity index (χ0v) is 14.5. The molecule has 1 fully saturated rings. The van der Waals surface area contributed by atoms with Gasteiger partial charge in [-0.25, -0.2) is 9.97 Å². The van der Waals surface area contributed by atoms with Crippen molar-refractivity contribution < 1.29 is 4.79 Å². The summed E-state index contributed by atoms with van der Waals surface area (Å²) in [5.74, 6) is 0.819. The Labute approximate surface area is 146 Å². The molecule has 6 nitrogen and oxygen atoms in total. The van der Waals surface area contributed by atoms with Gasteiger partial charge in [0.1, 0.15) is 5.69 Å². The molecule has 0 N–H and O–H groups in total. The van der Waals surface area contributed by atoms with Gasteiger partial charge in [-0.15, -0.1) is 0 Å². The maximum atomic E-state index is 13.0. The lowest BCUT2D eigenvalue weighted by Gasteiger charge is -2.34. The Kier molecular flexibility index (Phi) is 3.87. The van der Waals surface area contributed by atoms with Crippen molar-refractivity contribution in [2.75, 3.05) is 31.1 Å². The number of carbonyl (C=O) groups is 1. The largest absolute Gasteiger partial charge is 0.340 e. The van der Waals surface area contributed by atoms with Gasteiger partial charge >= 0.3 is 0 Å². The molecule has 0 unspecified atom stereocenters. The predicted octanol–water partition coefficient (Wildman–Crippen LogP) is 2.24. The maximum Gasteiger partial charge on any atom is 0.270 e. The highest BCUT2D eigenvalue weighted by molar-refractivity contribution is 5.99. The van der Waals surface area contributed by atoms with Gasteiger partial charge < -0.3 is 14.4 Å². The number of rotatable bonds is 2. The Morgan fingerprint density at radius 1 is 1.04 bits per heavy atom. The third kappa shape index (κ3) is 2.84. The number of hydrogen-bond acceptors (Lipinski definition) is 4. The van der Waals surface area contributed by atoms with Crippen LogP contribution >= 0.6 is 0 Å². The van der Waals surface area contributed by atoms with Crippen molar-refractivity contribution in [3.8, 4) is 0 Å². The summed E-state index contributed by atoms with van der Waals surface area (Å²) in [4.78, 5) is 25.6. The van der Waals surface area contributed by atoms with Crippen molar-refractivity contribution in [2.24, 2.45) is 7.05 Å². The number of benzene rings is 1. The molecule has 1 aliphatic rings. The van der Waals surface area contributed by atoms with E-state index < -0.39 is 0 Å². The third-order valence-electron chi connectivity index (χ3n) is 4.82. The summed E-state index contributed by atoms with van der Waals surface area (Å²) in [6, 6.07) is 10.1. The zero-order valence-electron chi connectivity index (χ0n) is 14.5. The molecule has 6 heteroatoms. The number of aryl methyl sites for hydroxylation is 2. The monoisotopic (exact) mass is 335 g/mol. The molecular formula is C19H21N5O. The highest BCUT2D eigenvalue weighted by Gasteiger charge is 2.25. The van der Waals surface area contributed by atoms with Crippen molar-refractivity contribution in [3.63, 3.8) is 0 Å². The summed E-state index contributed by atoms with van der Waals surface area (Å²) >= 11 is 0. The zero-order chi connectivity index (χ0) is 17.4. The second-order valence-electron chi connectivity index (χ2n) is 6.48. The second kappa shape index (κ2) is 6.20. The topological polar surface area (TPSA) is 54.3 Å². The molecule has 1 amide bonds. The van der Waals surface area contributed by atoms with Crippen LogP contribution < -0.4 is 4.90 Å². The van der Waals surface area contributed by atoms with Crippen LogP contribution in [-0.4, -0.2) is 51.5 Å². The highest BCUT2D eigenvalue weighted by Crippen LogP contribution is 2.22. The minimum absolute atomic E-state index is 0.0879. The molecule has 0 atom stereocenters. The van der Waals surface area contributed by atoms with E-state index in [-0.39, 0.29) is 5.91 Å². The summed E-state index contributed by atoms with van der Waals surface area (Å²) in [7, 11) is 1.96. The number of amides is 1. The molecular weight excluding hydrogens is 314 g/mol. The van der Waals surface area contributed by atoms with Crippen LogP contribution in [0.25, 0.3) is 10.9 Å². The average molecular weight is 335 g/mol. The van der Waals surface area contributed by atoms with Crippen LogP contribution in [0.1, 0.15) is 16.1 Å². The van der Waals surface area contributed by atoms with Crippen molar-refractivity contribution in [2.45, 2.75) is 6.92 Å². The van der Waals surface area contributed by atoms with Crippen LogP contribution in [0, 0.1) is 6.92 Å². The second-order valence-corrected chi connectivity index (χ2v) is 6.48. The van der Waals surface area contributed by atoms with Crippen LogP contribution in [0.5, 0.6) is 0 Å². The summed E-state index contributed by atoms with van der Waals surface area (Å²) < 4.78 is 1.99. The predicted molar refractivity (Wildman–Crippen MR) is 97.8 cm³/mol. The van der Waals surface area contributed by atoms with Gasteiger partial charge in [0.25, 0.3) is 5.91 Å². The molecule has 4 rings (SSSR count). The molecule has 25 heavy (non-hydrogen) atoms. The number of anilines is 1. The van der Waals surface area contributed by atoms with E-state index >= 15 is 0 Å².